The lowest BCUT2D eigenvalue weighted by Gasteiger charge is -2.35. The average Bonchev–Trinajstić information content (AvgIpc) is 3.60. The van der Waals surface area contributed by atoms with E-state index in [2.05, 4.69) is 46.4 Å². The Morgan fingerprint density at radius 1 is 1.06 bits per heavy atom. The number of hydrogen-bond donors (Lipinski definition) is 2. The number of piperazine rings is 1. The molecule has 0 spiro atoms. The van der Waals surface area contributed by atoms with E-state index in [4.69, 9.17) is 39.0 Å². The number of hydrogen-bond acceptors (Lipinski definition) is 9. The first-order chi connectivity index (χ1) is 17.4. The minimum Gasteiger partial charge on any atom is -0.488 e. The van der Waals surface area contributed by atoms with Gasteiger partial charge in [-0.2, -0.15) is 0 Å². The summed E-state index contributed by atoms with van der Waals surface area (Å²) in [4.78, 5) is 28.2. The van der Waals surface area contributed by atoms with E-state index in [0.29, 0.717) is 19.8 Å². The number of pyridine rings is 1. The first-order valence-electron chi connectivity index (χ1n) is 11.7. The number of likely N-dealkylation sites (N-methyl/N-ethyl adjacent to an activating group) is 1. The molecule has 2 fully saturated rings. The number of carbonyl (C=O) groups is 2. The highest BCUT2D eigenvalue weighted by molar-refractivity contribution is 7.17. The van der Waals surface area contributed by atoms with Crippen molar-refractivity contribution in [2.75, 3.05) is 57.4 Å². The molecule has 3 aromatic rings. The second-order valence-corrected chi connectivity index (χ2v) is 9.15. The van der Waals surface area contributed by atoms with Gasteiger partial charge in [0.1, 0.15) is 18.2 Å². The van der Waals surface area contributed by atoms with Crippen LogP contribution in [0, 0.1) is 0 Å². The van der Waals surface area contributed by atoms with E-state index in [1.807, 2.05) is 12.1 Å². The van der Waals surface area contributed by atoms with Crippen LogP contribution in [0.3, 0.4) is 0 Å². The summed E-state index contributed by atoms with van der Waals surface area (Å²) in [7, 11) is 0. The first kappa shape index (κ1) is 25.8. The van der Waals surface area contributed by atoms with Crippen molar-refractivity contribution in [1.82, 2.24) is 9.88 Å². The van der Waals surface area contributed by atoms with Crippen LogP contribution in [0.5, 0.6) is 5.75 Å². The van der Waals surface area contributed by atoms with E-state index in [-0.39, 0.29) is 6.29 Å². The molecule has 2 aliphatic heterocycles. The van der Waals surface area contributed by atoms with E-state index in [0.717, 1.165) is 55.5 Å². The molecule has 1 aromatic carbocycles. The Labute approximate surface area is 212 Å². The summed E-state index contributed by atoms with van der Waals surface area (Å²) in [6.07, 6.45) is -0.261. The van der Waals surface area contributed by atoms with Crippen LogP contribution < -0.4 is 9.64 Å². The van der Waals surface area contributed by atoms with Gasteiger partial charge in [0.05, 0.1) is 18.9 Å². The lowest BCUT2D eigenvalue weighted by molar-refractivity contribution is -0.159. The predicted octanol–water partition coefficient (Wildman–Crippen LogP) is 3.01. The standard InChI is InChI=1S/C23H27N3O3S.C2H2O4/c1-2-25-8-10-26(11-9-25)23-19-7-14-30-21(19)15-20(24-23)17-3-5-18(6-4-17)29-16-22-27-12-13-28-22;3-1(4)2(5)6/h3-7,14-15,22H,2,8-13,16H2,1H3;(H,3,4)(H,5,6). The number of benzene rings is 1. The number of nitrogens with zero attached hydrogens (tertiary/aromatic N) is 3. The van der Waals surface area contributed by atoms with Crippen molar-refractivity contribution >= 4 is 39.2 Å². The SMILES string of the molecule is CCN1CCN(c2nc(-c3ccc(OCC4OCCO4)cc3)cc3sccc23)CC1.O=C(O)C(=O)O. The van der Waals surface area contributed by atoms with E-state index in [1.165, 1.54) is 10.1 Å². The van der Waals surface area contributed by atoms with Gasteiger partial charge in [-0.25, -0.2) is 14.6 Å². The van der Waals surface area contributed by atoms with Gasteiger partial charge >= 0.3 is 11.9 Å². The Hall–Kier alpha value is -3.25. The van der Waals surface area contributed by atoms with Crippen LogP contribution >= 0.6 is 11.3 Å². The molecule has 2 aliphatic rings. The Morgan fingerprint density at radius 2 is 1.72 bits per heavy atom. The Bertz CT molecular complexity index is 1160. The molecule has 0 radical (unpaired) electrons. The number of aromatic nitrogens is 1. The average molecular weight is 516 g/mol. The number of carboxylic acids is 2. The molecular weight excluding hydrogens is 486 g/mol. The molecule has 4 heterocycles. The van der Waals surface area contributed by atoms with Gasteiger partial charge in [0.25, 0.3) is 0 Å². The fourth-order valence-corrected chi connectivity index (χ4v) is 4.82. The molecule has 5 rings (SSSR count). The van der Waals surface area contributed by atoms with Crippen LogP contribution in [-0.4, -0.2) is 90.9 Å². The van der Waals surface area contributed by atoms with Gasteiger partial charge in [0, 0.05) is 41.8 Å². The molecule has 36 heavy (non-hydrogen) atoms. The summed E-state index contributed by atoms with van der Waals surface area (Å²) in [6.45, 7) is 9.25. The van der Waals surface area contributed by atoms with Gasteiger partial charge in [0.2, 0.25) is 0 Å². The number of anilines is 1. The van der Waals surface area contributed by atoms with Crippen molar-refractivity contribution < 1.29 is 34.0 Å². The maximum absolute atomic E-state index is 9.10. The number of rotatable bonds is 6. The van der Waals surface area contributed by atoms with Gasteiger partial charge in [0.15, 0.2) is 6.29 Å². The third kappa shape index (κ3) is 6.49. The zero-order valence-corrected chi connectivity index (χ0v) is 20.8. The van der Waals surface area contributed by atoms with Crippen molar-refractivity contribution in [2.24, 2.45) is 0 Å². The number of ether oxygens (including phenoxy) is 3. The highest BCUT2D eigenvalue weighted by Crippen LogP contribution is 2.34. The fraction of sp³-hybridized carbons (Fsp3) is 0.400. The molecule has 11 heteroatoms. The maximum Gasteiger partial charge on any atom is 0.414 e. The molecule has 0 amide bonds. The van der Waals surface area contributed by atoms with Gasteiger partial charge < -0.3 is 34.2 Å². The second kappa shape index (κ2) is 12.1. The Kier molecular flexibility index (Phi) is 8.70. The maximum atomic E-state index is 9.10. The normalized spacial score (nSPS) is 16.5. The summed E-state index contributed by atoms with van der Waals surface area (Å²) in [6, 6.07) is 12.5. The topological polar surface area (TPSA) is 122 Å². The van der Waals surface area contributed by atoms with Crippen LogP contribution in [0.1, 0.15) is 6.92 Å². The minimum atomic E-state index is -1.82. The zero-order chi connectivity index (χ0) is 25.5. The van der Waals surface area contributed by atoms with Crippen molar-refractivity contribution in [2.45, 2.75) is 13.2 Å². The van der Waals surface area contributed by atoms with E-state index in [1.54, 1.807) is 11.3 Å². The van der Waals surface area contributed by atoms with Crippen molar-refractivity contribution in [3.63, 3.8) is 0 Å². The highest BCUT2D eigenvalue weighted by Gasteiger charge is 2.20. The quantitative estimate of drug-likeness (QED) is 0.474. The lowest BCUT2D eigenvalue weighted by atomic mass is 10.1. The van der Waals surface area contributed by atoms with Gasteiger partial charge in [-0.3, -0.25) is 0 Å². The molecule has 0 atom stereocenters. The summed E-state index contributed by atoms with van der Waals surface area (Å²) >= 11 is 1.78. The smallest absolute Gasteiger partial charge is 0.414 e. The number of aliphatic carboxylic acids is 2. The summed E-state index contributed by atoms with van der Waals surface area (Å²) in [5.41, 5.74) is 2.10. The molecule has 2 N–H and O–H groups in total. The van der Waals surface area contributed by atoms with Crippen molar-refractivity contribution in [3.8, 4) is 17.0 Å². The monoisotopic (exact) mass is 515 g/mol. The molecule has 2 saturated heterocycles. The van der Waals surface area contributed by atoms with E-state index >= 15 is 0 Å². The molecule has 192 valence electrons. The highest BCUT2D eigenvalue weighted by atomic mass is 32.1. The van der Waals surface area contributed by atoms with E-state index in [9.17, 15) is 0 Å². The molecule has 0 unspecified atom stereocenters. The van der Waals surface area contributed by atoms with Crippen LogP contribution in [0.2, 0.25) is 0 Å². The van der Waals surface area contributed by atoms with Gasteiger partial charge in [-0.15, -0.1) is 11.3 Å². The number of fused-ring (bicyclic) bond motifs is 1. The summed E-state index contributed by atoms with van der Waals surface area (Å²) in [5.74, 6) is -1.73. The lowest BCUT2D eigenvalue weighted by Crippen LogP contribution is -2.46. The third-order valence-corrected chi connectivity index (χ3v) is 6.82. The number of thiophene rings is 1. The predicted molar refractivity (Wildman–Crippen MR) is 136 cm³/mol. The van der Waals surface area contributed by atoms with E-state index < -0.39 is 11.9 Å². The second-order valence-electron chi connectivity index (χ2n) is 8.20. The third-order valence-electron chi connectivity index (χ3n) is 5.96. The summed E-state index contributed by atoms with van der Waals surface area (Å²) in [5, 5.41) is 18.2. The van der Waals surface area contributed by atoms with Crippen molar-refractivity contribution in [1.29, 1.82) is 0 Å². The minimum absolute atomic E-state index is 0.261. The Morgan fingerprint density at radius 3 is 2.33 bits per heavy atom. The molecular formula is C25H29N3O7S. The van der Waals surface area contributed by atoms with Gasteiger partial charge in [-0.05, 0) is 48.3 Å². The largest absolute Gasteiger partial charge is 0.488 e. The fourth-order valence-electron chi connectivity index (χ4n) is 4.00. The van der Waals surface area contributed by atoms with Gasteiger partial charge in [-0.1, -0.05) is 6.92 Å². The number of carboxylic acid groups (broad SMARTS) is 2. The zero-order valence-electron chi connectivity index (χ0n) is 20.0. The van der Waals surface area contributed by atoms with Crippen LogP contribution in [0.15, 0.2) is 41.8 Å². The van der Waals surface area contributed by atoms with Crippen LogP contribution in [0.4, 0.5) is 5.82 Å². The Balaban J connectivity index is 0.000000455. The molecule has 2 aromatic heterocycles. The molecule has 0 saturated carbocycles. The molecule has 0 bridgehead atoms. The van der Waals surface area contributed by atoms with Crippen molar-refractivity contribution in [3.05, 3.63) is 41.8 Å². The van der Waals surface area contributed by atoms with Crippen LogP contribution in [-0.2, 0) is 19.1 Å². The molecule has 0 aliphatic carbocycles. The summed E-state index contributed by atoms with van der Waals surface area (Å²) < 4.78 is 17.9. The van der Waals surface area contributed by atoms with Crippen LogP contribution in [0.25, 0.3) is 21.3 Å². The first-order valence-corrected chi connectivity index (χ1v) is 12.6. The molecule has 10 nitrogen and oxygen atoms in total.